The van der Waals surface area contributed by atoms with Gasteiger partial charge in [0.2, 0.25) is 15.9 Å². The number of nitrogens with one attached hydrogen (secondary N) is 3. The van der Waals surface area contributed by atoms with Crippen molar-refractivity contribution >= 4 is 39.7 Å². The molecule has 1 amide bonds. The maximum Gasteiger partial charge on any atom is 0.229 e. The minimum atomic E-state index is -3.32. The standard InChI is InChI=1S/C15H23N3O3S.ClH/c1-22(20,21)18-14-4-2-3-13(11-14)17-15(19)6-5-12-7-9-16-10-8-12;/h2-4,11-12,16,18H,5-10H2,1H3,(H,17,19);1H. The number of rotatable bonds is 6. The Hall–Kier alpha value is -1.31. The highest BCUT2D eigenvalue weighted by Crippen LogP contribution is 2.19. The second-order valence-electron chi connectivity index (χ2n) is 5.74. The number of sulfonamides is 1. The Balaban J connectivity index is 0.00000264. The van der Waals surface area contributed by atoms with E-state index in [2.05, 4.69) is 15.4 Å². The van der Waals surface area contributed by atoms with Gasteiger partial charge >= 0.3 is 0 Å². The first kappa shape index (κ1) is 19.7. The van der Waals surface area contributed by atoms with Crippen LogP contribution >= 0.6 is 12.4 Å². The first-order chi connectivity index (χ1) is 10.4. The van der Waals surface area contributed by atoms with Gasteiger partial charge < -0.3 is 10.6 Å². The van der Waals surface area contributed by atoms with E-state index in [1.165, 1.54) is 0 Å². The normalized spacial score (nSPS) is 15.5. The largest absolute Gasteiger partial charge is 0.326 e. The molecule has 1 aliphatic heterocycles. The summed E-state index contributed by atoms with van der Waals surface area (Å²) in [7, 11) is -3.32. The number of anilines is 2. The van der Waals surface area contributed by atoms with Gasteiger partial charge in [0.15, 0.2) is 0 Å². The highest BCUT2D eigenvalue weighted by atomic mass is 35.5. The maximum absolute atomic E-state index is 12.0. The van der Waals surface area contributed by atoms with Gasteiger partial charge in [0.05, 0.1) is 11.9 Å². The average molecular weight is 362 g/mol. The molecule has 2 rings (SSSR count). The fourth-order valence-electron chi connectivity index (χ4n) is 2.60. The van der Waals surface area contributed by atoms with E-state index in [1.54, 1.807) is 24.3 Å². The molecule has 3 N–H and O–H groups in total. The molecule has 1 fully saturated rings. The first-order valence-electron chi connectivity index (χ1n) is 7.51. The molecule has 1 saturated heterocycles. The van der Waals surface area contributed by atoms with Crippen LogP contribution in [0.4, 0.5) is 11.4 Å². The molecule has 0 bridgehead atoms. The molecule has 1 aromatic rings. The summed E-state index contributed by atoms with van der Waals surface area (Å²) < 4.78 is 24.8. The van der Waals surface area contributed by atoms with Gasteiger partial charge in [0.25, 0.3) is 0 Å². The van der Waals surface area contributed by atoms with E-state index in [9.17, 15) is 13.2 Å². The monoisotopic (exact) mass is 361 g/mol. The zero-order valence-electron chi connectivity index (χ0n) is 13.2. The zero-order chi connectivity index (χ0) is 16.0. The molecule has 0 radical (unpaired) electrons. The van der Waals surface area contributed by atoms with Crippen LogP contribution in [0.5, 0.6) is 0 Å². The van der Waals surface area contributed by atoms with Crippen molar-refractivity contribution in [2.75, 3.05) is 29.4 Å². The molecule has 0 saturated carbocycles. The molecule has 130 valence electrons. The second kappa shape index (κ2) is 9.10. The fourth-order valence-corrected chi connectivity index (χ4v) is 3.16. The van der Waals surface area contributed by atoms with Gasteiger partial charge in [0, 0.05) is 12.1 Å². The van der Waals surface area contributed by atoms with Crippen molar-refractivity contribution in [1.29, 1.82) is 0 Å². The summed E-state index contributed by atoms with van der Waals surface area (Å²) >= 11 is 0. The van der Waals surface area contributed by atoms with Gasteiger partial charge in [0.1, 0.15) is 0 Å². The first-order valence-corrected chi connectivity index (χ1v) is 9.40. The molecule has 0 unspecified atom stereocenters. The van der Waals surface area contributed by atoms with E-state index in [4.69, 9.17) is 0 Å². The van der Waals surface area contributed by atoms with E-state index in [0.29, 0.717) is 23.7 Å². The van der Waals surface area contributed by atoms with Crippen molar-refractivity contribution in [2.24, 2.45) is 5.92 Å². The summed E-state index contributed by atoms with van der Waals surface area (Å²) in [6.45, 7) is 2.07. The zero-order valence-corrected chi connectivity index (χ0v) is 14.8. The third kappa shape index (κ3) is 7.67. The van der Waals surface area contributed by atoms with Gasteiger partial charge in [-0.2, -0.15) is 0 Å². The molecular formula is C15H24ClN3O3S. The maximum atomic E-state index is 12.0. The highest BCUT2D eigenvalue weighted by molar-refractivity contribution is 7.92. The summed E-state index contributed by atoms with van der Waals surface area (Å²) in [6.07, 6.45) is 4.74. The Morgan fingerprint density at radius 1 is 1.26 bits per heavy atom. The SMILES string of the molecule is CS(=O)(=O)Nc1cccc(NC(=O)CCC2CCNCC2)c1.Cl. The minimum absolute atomic E-state index is 0. The van der Waals surface area contributed by atoms with Crippen LogP contribution in [0, 0.1) is 5.92 Å². The van der Waals surface area contributed by atoms with E-state index in [0.717, 1.165) is 38.6 Å². The molecule has 1 aliphatic rings. The van der Waals surface area contributed by atoms with Gasteiger partial charge in [-0.3, -0.25) is 9.52 Å². The van der Waals surface area contributed by atoms with E-state index < -0.39 is 10.0 Å². The Bertz CT molecular complexity index is 616. The lowest BCUT2D eigenvalue weighted by molar-refractivity contribution is -0.116. The van der Waals surface area contributed by atoms with Gasteiger partial charge in [-0.15, -0.1) is 12.4 Å². The van der Waals surface area contributed by atoms with Crippen LogP contribution in [0.25, 0.3) is 0 Å². The van der Waals surface area contributed by atoms with Crippen molar-refractivity contribution in [3.63, 3.8) is 0 Å². The molecule has 0 aliphatic carbocycles. The molecule has 0 spiro atoms. The lowest BCUT2D eigenvalue weighted by Crippen LogP contribution is -2.28. The fraction of sp³-hybridized carbons (Fsp3) is 0.533. The van der Waals surface area contributed by atoms with E-state index in [-0.39, 0.29) is 18.3 Å². The van der Waals surface area contributed by atoms with Crippen LogP contribution in [0.15, 0.2) is 24.3 Å². The smallest absolute Gasteiger partial charge is 0.229 e. The molecule has 1 aromatic carbocycles. The molecule has 0 aromatic heterocycles. The van der Waals surface area contributed by atoms with Crippen molar-refractivity contribution in [3.8, 4) is 0 Å². The predicted molar refractivity (Wildman–Crippen MR) is 95.6 cm³/mol. The Labute approximate surface area is 143 Å². The van der Waals surface area contributed by atoms with Gasteiger partial charge in [-0.05, 0) is 56.5 Å². The van der Waals surface area contributed by atoms with Crippen LogP contribution in [-0.2, 0) is 14.8 Å². The summed E-state index contributed by atoms with van der Waals surface area (Å²) in [5, 5.41) is 6.13. The predicted octanol–water partition coefficient (Wildman–Crippen LogP) is 2.20. The topological polar surface area (TPSA) is 87.3 Å². The van der Waals surface area contributed by atoms with Crippen molar-refractivity contribution < 1.29 is 13.2 Å². The lowest BCUT2D eigenvalue weighted by atomic mass is 9.93. The third-order valence-corrected chi connectivity index (χ3v) is 4.29. The van der Waals surface area contributed by atoms with E-state index in [1.807, 2.05) is 0 Å². The van der Waals surface area contributed by atoms with Crippen molar-refractivity contribution in [2.45, 2.75) is 25.7 Å². The van der Waals surface area contributed by atoms with Crippen LogP contribution in [0.1, 0.15) is 25.7 Å². The summed E-state index contributed by atoms with van der Waals surface area (Å²) in [5.74, 6) is 0.584. The van der Waals surface area contributed by atoms with Crippen molar-refractivity contribution in [3.05, 3.63) is 24.3 Å². The van der Waals surface area contributed by atoms with Gasteiger partial charge in [-0.25, -0.2) is 8.42 Å². The van der Waals surface area contributed by atoms with Gasteiger partial charge in [-0.1, -0.05) is 6.07 Å². The van der Waals surface area contributed by atoms with Crippen LogP contribution < -0.4 is 15.4 Å². The number of benzene rings is 1. The molecule has 23 heavy (non-hydrogen) atoms. The number of amides is 1. The Morgan fingerprint density at radius 2 is 1.91 bits per heavy atom. The minimum Gasteiger partial charge on any atom is -0.326 e. The molecule has 6 nitrogen and oxygen atoms in total. The average Bonchev–Trinajstić information content (AvgIpc) is 2.45. The number of hydrogen-bond acceptors (Lipinski definition) is 4. The lowest BCUT2D eigenvalue weighted by Gasteiger charge is -2.22. The van der Waals surface area contributed by atoms with Crippen LogP contribution in [0.3, 0.4) is 0 Å². The molecule has 0 atom stereocenters. The van der Waals surface area contributed by atoms with E-state index >= 15 is 0 Å². The number of carbonyl (C=O) groups excluding carboxylic acids is 1. The van der Waals surface area contributed by atoms with Crippen molar-refractivity contribution in [1.82, 2.24) is 5.32 Å². The highest BCUT2D eigenvalue weighted by Gasteiger charge is 2.14. The Kier molecular flexibility index (Phi) is 7.81. The summed E-state index contributed by atoms with van der Waals surface area (Å²) in [6, 6.07) is 6.71. The molecule has 8 heteroatoms. The van der Waals surface area contributed by atoms with Crippen LogP contribution in [0.2, 0.25) is 0 Å². The number of halogens is 1. The second-order valence-corrected chi connectivity index (χ2v) is 7.48. The molecule has 1 heterocycles. The molecular weight excluding hydrogens is 338 g/mol. The number of hydrogen-bond donors (Lipinski definition) is 3. The third-order valence-electron chi connectivity index (χ3n) is 3.69. The number of carbonyl (C=O) groups is 1. The summed E-state index contributed by atoms with van der Waals surface area (Å²) in [4.78, 5) is 12.0. The summed E-state index contributed by atoms with van der Waals surface area (Å²) in [5.41, 5.74) is 1.04. The Morgan fingerprint density at radius 3 is 2.57 bits per heavy atom. The number of piperidine rings is 1. The quantitative estimate of drug-likeness (QED) is 0.724. The van der Waals surface area contributed by atoms with Crippen LogP contribution in [-0.4, -0.2) is 33.7 Å².